The van der Waals surface area contributed by atoms with Crippen LogP contribution in [-0.2, 0) is 6.54 Å². The fourth-order valence-electron chi connectivity index (χ4n) is 2.98. The maximum Gasteiger partial charge on any atom is 0.120 e. The van der Waals surface area contributed by atoms with Crippen molar-refractivity contribution in [2.24, 2.45) is 0 Å². The molecule has 25 heavy (non-hydrogen) atoms. The van der Waals surface area contributed by atoms with E-state index >= 15 is 0 Å². The highest BCUT2D eigenvalue weighted by Crippen LogP contribution is 2.38. The zero-order valence-corrected chi connectivity index (χ0v) is 14.9. The first-order chi connectivity index (χ1) is 12.3. The number of aromatic nitrogens is 2. The first kappa shape index (κ1) is 15.9. The van der Waals surface area contributed by atoms with Crippen LogP contribution in [0.25, 0.3) is 0 Å². The number of hydrogen-bond donors (Lipinski definition) is 1. The van der Waals surface area contributed by atoms with E-state index in [1.165, 1.54) is 10.6 Å². The molecular weight excluding hydrogens is 332 g/mol. The molecule has 0 fully saturated rings. The van der Waals surface area contributed by atoms with Gasteiger partial charge in [-0.1, -0.05) is 18.2 Å². The normalized spacial score (nSPS) is 14.1. The number of benzene rings is 2. The van der Waals surface area contributed by atoms with Crippen molar-refractivity contribution in [2.75, 3.05) is 29.4 Å². The maximum atomic E-state index is 5.38. The Morgan fingerprint density at radius 3 is 2.92 bits per heavy atom. The number of imidazole rings is 1. The predicted octanol–water partition coefficient (Wildman–Crippen LogP) is 3.95. The fraction of sp³-hybridized carbons (Fsp3) is 0.211. The van der Waals surface area contributed by atoms with Crippen LogP contribution in [0.1, 0.15) is 5.69 Å². The van der Waals surface area contributed by atoms with Gasteiger partial charge in [0.05, 0.1) is 41.9 Å². The van der Waals surface area contributed by atoms with Crippen LogP contribution < -0.4 is 13.9 Å². The second kappa shape index (κ2) is 7.11. The van der Waals surface area contributed by atoms with E-state index < -0.39 is 0 Å². The molecule has 1 aliphatic rings. The third-order valence-electron chi connectivity index (χ3n) is 4.24. The van der Waals surface area contributed by atoms with Crippen LogP contribution in [0.4, 0.5) is 11.4 Å². The number of methoxy groups -OCH3 is 1. The van der Waals surface area contributed by atoms with Crippen molar-refractivity contribution in [1.29, 1.82) is 0 Å². The number of H-pyrrole nitrogens is 1. The number of nitrogens with one attached hydrogen (secondary N) is 1. The van der Waals surface area contributed by atoms with E-state index in [0.29, 0.717) is 0 Å². The Labute approximate surface area is 151 Å². The zero-order valence-electron chi connectivity index (χ0n) is 14.1. The third kappa shape index (κ3) is 3.44. The highest BCUT2D eigenvalue weighted by molar-refractivity contribution is 8.00. The smallest absolute Gasteiger partial charge is 0.120 e. The Morgan fingerprint density at radius 2 is 2.08 bits per heavy atom. The molecule has 5 nitrogen and oxygen atoms in total. The molecule has 0 bridgehead atoms. The molecule has 0 saturated heterocycles. The highest BCUT2D eigenvalue weighted by Gasteiger charge is 2.21. The predicted molar refractivity (Wildman–Crippen MR) is 102 cm³/mol. The average molecular weight is 352 g/mol. The second-order valence-electron chi connectivity index (χ2n) is 5.84. The van der Waals surface area contributed by atoms with Crippen LogP contribution in [0.3, 0.4) is 0 Å². The minimum absolute atomic E-state index is 0.799. The lowest BCUT2D eigenvalue weighted by Gasteiger charge is -2.24. The standard InChI is InChI=1S/C19H20N4OS/c1-24-17-6-4-5-16(11-17)23-10-9-22(13-15-12-20-14-21-15)18-7-2-3-8-19(18)25-23/h2-8,11-12,14H,9-10,13H2,1H3,(H,20,21). The average Bonchev–Trinajstić information content (AvgIpc) is 3.10. The molecule has 1 N–H and O–H groups in total. The molecule has 0 unspecified atom stereocenters. The Balaban J connectivity index is 1.63. The molecule has 1 aliphatic heterocycles. The van der Waals surface area contributed by atoms with E-state index in [2.05, 4.69) is 55.6 Å². The Kier molecular flexibility index (Phi) is 4.52. The monoisotopic (exact) mass is 352 g/mol. The van der Waals surface area contributed by atoms with Crippen molar-refractivity contribution in [2.45, 2.75) is 11.4 Å². The fourth-order valence-corrected chi connectivity index (χ4v) is 4.04. The van der Waals surface area contributed by atoms with Crippen LogP contribution in [0.2, 0.25) is 0 Å². The number of hydrogen-bond acceptors (Lipinski definition) is 5. The molecule has 128 valence electrons. The summed E-state index contributed by atoms with van der Waals surface area (Å²) in [5.41, 5.74) is 3.45. The van der Waals surface area contributed by atoms with Gasteiger partial charge in [-0.15, -0.1) is 0 Å². The minimum Gasteiger partial charge on any atom is -0.497 e. The van der Waals surface area contributed by atoms with Gasteiger partial charge in [-0.3, -0.25) is 0 Å². The van der Waals surface area contributed by atoms with Gasteiger partial charge in [0.25, 0.3) is 0 Å². The summed E-state index contributed by atoms with van der Waals surface area (Å²) in [6, 6.07) is 16.8. The summed E-state index contributed by atoms with van der Waals surface area (Å²) in [5.74, 6) is 0.879. The first-order valence-corrected chi connectivity index (χ1v) is 9.02. The second-order valence-corrected chi connectivity index (χ2v) is 6.91. The van der Waals surface area contributed by atoms with Gasteiger partial charge in [-0.2, -0.15) is 0 Å². The lowest BCUT2D eigenvalue weighted by molar-refractivity contribution is 0.415. The van der Waals surface area contributed by atoms with Crippen molar-refractivity contribution < 1.29 is 4.74 Å². The van der Waals surface area contributed by atoms with Gasteiger partial charge in [0.15, 0.2) is 0 Å². The molecule has 0 aliphatic carbocycles. The lowest BCUT2D eigenvalue weighted by Crippen LogP contribution is -2.29. The van der Waals surface area contributed by atoms with E-state index in [4.69, 9.17) is 4.74 Å². The van der Waals surface area contributed by atoms with Crippen LogP contribution in [-0.4, -0.2) is 30.2 Å². The number of nitrogens with zero attached hydrogens (tertiary/aromatic N) is 3. The van der Waals surface area contributed by atoms with Gasteiger partial charge >= 0.3 is 0 Å². The van der Waals surface area contributed by atoms with Crippen molar-refractivity contribution >= 4 is 23.3 Å². The van der Waals surface area contributed by atoms with Crippen molar-refractivity contribution in [3.63, 3.8) is 0 Å². The molecule has 4 rings (SSSR count). The third-order valence-corrected chi connectivity index (χ3v) is 5.39. The van der Waals surface area contributed by atoms with Crippen molar-refractivity contribution in [3.8, 4) is 5.75 Å². The molecule has 0 saturated carbocycles. The molecule has 6 heteroatoms. The molecule has 2 heterocycles. The topological polar surface area (TPSA) is 44.4 Å². The summed E-state index contributed by atoms with van der Waals surface area (Å²) < 4.78 is 7.70. The minimum atomic E-state index is 0.799. The Bertz CT molecular complexity index is 837. The summed E-state index contributed by atoms with van der Waals surface area (Å²) in [4.78, 5) is 11.1. The van der Waals surface area contributed by atoms with Gasteiger partial charge in [0.1, 0.15) is 5.75 Å². The van der Waals surface area contributed by atoms with E-state index in [0.717, 1.165) is 36.8 Å². The molecule has 3 aromatic rings. The van der Waals surface area contributed by atoms with Crippen molar-refractivity contribution in [1.82, 2.24) is 9.97 Å². The zero-order chi connectivity index (χ0) is 17.1. The molecule has 2 aromatic carbocycles. The Morgan fingerprint density at radius 1 is 1.16 bits per heavy atom. The summed E-state index contributed by atoms with van der Waals surface area (Å²) in [6.45, 7) is 2.64. The van der Waals surface area contributed by atoms with E-state index in [1.807, 2.05) is 18.3 Å². The first-order valence-electron chi connectivity index (χ1n) is 8.25. The number of ether oxygens (including phenoxy) is 1. The van der Waals surface area contributed by atoms with E-state index in [1.54, 1.807) is 25.4 Å². The number of aromatic amines is 1. The number of fused-ring (bicyclic) bond motifs is 1. The van der Waals surface area contributed by atoms with E-state index in [9.17, 15) is 0 Å². The SMILES string of the molecule is COc1cccc(N2CCN(Cc3c[nH]cn3)c3ccccc3S2)c1. The van der Waals surface area contributed by atoms with Crippen LogP contribution in [0.15, 0.2) is 66.0 Å². The van der Waals surface area contributed by atoms with Crippen LogP contribution in [0.5, 0.6) is 5.75 Å². The van der Waals surface area contributed by atoms with Gasteiger partial charge in [0.2, 0.25) is 0 Å². The quantitative estimate of drug-likeness (QED) is 0.720. The summed E-state index contributed by atoms with van der Waals surface area (Å²) in [5, 5.41) is 0. The number of rotatable bonds is 4. The van der Waals surface area contributed by atoms with Gasteiger partial charge in [0, 0.05) is 25.4 Å². The molecule has 0 atom stereocenters. The lowest BCUT2D eigenvalue weighted by atomic mass is 10.2. The van der Waals surface area contributed by atoms with E-state index in [-0.39, 0.29) is 0 Å². The molecular formula is C19H20N4OS. The molecule has 0 spiro atoms. The highest BCUT2D eigenvalue weighted by atomic mass is 32.2. The van der Waals surface area contributed by atoms with Gasteiger partial charge in [-0.05, 0) is 36.2 Å². The molecule has 0 radical (unpaired) electrons. The summed E-state index contributed by atoms with van der Waals surface area (Å²) >= 11 is 1.77. The Hall–Kier alpha value is -2.60. The maximum absolute atomic E-state index is 5.38. The van der Waals surface area contributed by atoms with Crippen LogP contribution >= 0.6 is 11.9 Å². The van der Waals surface area contributed by atoms with Crippen molar-refractivity contribution in [3.05, 3.63) is 66.7 Å². The summed E-state index contributed by atoms with van der Waals surface area (Å²) in [6.07, 6.45) is 3.69. The molecule has 0 amide bonds. The van der Waals surface area contributed by atoms with Crippen LogP contribution in [0, 0.1) is 0 Å². The molecule has 1 aromatic heterocycles. The summed E-state index contributed by atoms with van der Waals surface area (Å²) in [7, 11) is 1.70. The number of para-hydroxylation sites is 1. The van der Waals surface area contributed by atoms with Gasteiger partial charge in [-0.25, -0.2) is 4.98 Å². The number of anilines is 2. The largest absolute Gasteiger partial charge is 0.497 e. The van der Waals surface area contributed by atoms with Gasteiger partial charge < -0.3 is 18.9 Å².